The Morgan fingerprint density at radius 2 is 1.94 bits per heavy atom. The fraction of sp³-hybridized carbons (Fsp3) is 0.407. The first-order valence-electron chi connectivity index (χ1n) is 12.3. The van der Waals surface area contributed by atoms with Gasteiger partial charge in [0.1, 0.15) is 0 Å². The molecule has 188 valence electrons. The molecule has 5 rings (SSSR count). The van der Waals surface area contributed by atoms with Gasteiger partial charge in [-0.2, -0.15) is 5.10 Å². The topological polar surface area (TPSA) is 98.6 Å². The molecule has 36 heavy (non-hydrogen) atoms. The van der Waals surface area contributed by atoms with E-state index >= 15 is 0 Å². The summed E-state index contributed by atoms with van der Waals surface area (Å²) in [6.07, 6.45) is 5.03. The van der Waals surface area contributed by atoms with Crippen LogP contribution in [0, 0.1) is 5.92 Å². The SMILES string of the molecule is COc1ccc(CC(=O)N2CCc3c(c(C(=O)NCc4ccccn4)nn3CC3CC3)C2)cc1OC. The maximum atomic E-state index is 13.2. The number of benzene rings is 1. The van der Waals surface area contributed by atoms with Crippen LogP contribution in [0.5, 0.6) is 11.5 Å². The van der Waals surface area contributed by atoms with Crippen molar-refractivity contribution in [2.75, 3.05) is 20.8 Å². The van der Waals surface area contributed by atoms with E-state index in [2.05, 4.69) is 10.3 Å². The van der Waals surface area contributed by atoms with Gasteiger partial charge < -0.3 is 19.7 Å². The second-order valence-electron chi connectivity index (χ2n) is 9.33. The summed E-state index contributed by atoms with van der Waals surface area (Å²) in [5.74, 6) is 1.61. The van der Waals surface area contributed by atoms with Crippen LogP contribution in [0.1, 0.15) is 45.8 Å². The lowest BCUT2D eigenvalue weighted by Gasteiger charge is -2.28. The molecule has 1 fully saturated rings. The molecule has 1 saturated carbocycles. The number of carbonyl (C=O) groups is 2. The van der Waals surface area contributed by atoms with E-state index in [0.29, 0.717) is 49.2 Å². The molecular weight excluding hydrogens is 458 g/mol. The molecule has 0 saturated heterocycles. The van der Waals surface area contributed by atoms with Gasteiger partial charge in [-0.15, -0.1) is 0 Å². The first-order valence-corrected chi connectivity index (χ1v) is 12.3. The second-order valence-corrected chi connectivity index (χ2v) is 9.33. The summed E-state index contributed by atoms with van der Waals surface area (Å²) in [7, 11) is 3.16. The monoisotopic (exact) mass is 489 g/mol. The first kappa shape index (κ1) is 23.8. The van der Waals surface area contributed by atoms with Crippen LogP contribution in [0.3, 0.4) is 0 Å². The molecule has 1 aliphatic heterocycles. The lowest BCUT2D eigenvalue weighted by molar-refractivity contribution is -0.131. The summed E-state index contributed by atoms with van der Waals surface area (Å²) in [6, 6.07) is 11.1. The van der Waals surface area contributed by atoms with Gasteiger partial charge in [-0.25, -0.2) is 0 Å². The molecule has 9 nitrogen and oxygen atoms in total. The molecule has 0 unspecified atom stereocenters. The third kappa shape index (κ3) is 5.19. The van der Waals surface area contributed by atoms with Crippen molar-refractivity contribution in [3.05, 3.63) is 70.8 Å². The van der Waals surface area contributed by atoms with Crippen molar-refractivity contribution in [3.63, 3.8) is 0 Å². The highest BCUT2D eigenvalue weighted by molar-refractivity contribution is 5.94. The van der Waals surface area contributed by atoms with E-state index in [9.17, 15) is 9.59 Å². The van der Waals surface area contributed by atoms with Gasteiger partial charge in [0, 0.05) is 43.5 Å². The van der Waals surface area contributed by atoms with Gasteiger partial charge in [0.15, 0.2) is 17.2 Å². The lowest BCUT2D eigenvalue weighted by atomic mass is 10.0. The molecule has 3 heterocycles. The molecule has 9 heteroatoms. The van der Waals surface area contributed by atoms with E-state index in [1.807, 2.05) is 46.0 Å². The number of nitrogens with one attached hydrogen (secondary N) is 1. The molecule has 0 bridgehead atoms. The van der Waals surface area contributed by atoms with Gasteiger partial charge >= 0.3 is 0 Å². The van der Waals surface area contributed by atoms with Crippen LogP contribution in [0.25, 0.3) is 0 Å². The van der Waals surface area contributed by atoms with Crippen LogP contribution >= 0.6 is 0 Å². The summed E-state index contributed by atoms with van der Waals surface area (Å²) in [4.78, 5) is 32.5. The van der Waals surface area contributed by atoms with E-state index in [0.717, 1.165) is 29.1 Å². The molecular formula is C27H31N5O4. The summed E-state index contributed by atoms with van der Waals surface area (Å²) < 4.78 is 12.7. The Kier molecular flexibility index (Phi) is 6.88. The van der Waals surface area contributed by atoms with Crippen molar-refractivity contribution >= 4 is 11.8 Å². The van der Waals surface area contributed by atoms with Crippen molar-refractivity contribution < 1.29 is 19.1 Å². The zero-order valence-electron chi connectivity index (χ0n) is 20.7. The van der Waals surface area contributed by atoms with E-state index in [-0.39, 0.29) is 18.2 Å². The van der Waals surface area contributed by atoms with Crippen molar-refractivity contribution in [1.29, 1.82) is 0 Å². The first-order chi connectivity index (χ1) is 17.6. The molecule has 1 N–H and O–H groups in total. The van der Waals surface area contributed by atoms with E-state index in [1.54, 1.807) is 20.4 Å². The fourth-order valence-electron chi connectivity index (χ4n) is 4.62. The van der Waals surface area contributed by atoms with Crippen LogP contribution in [0.2, 0.25) is 0 Å². The Bertz CT molecular complexity index is 1250. The largest absolute Gasteiger partial charge is 0.493 e. The molecule has 2 amide bonds. The van der Waals surface area contributed by atoms with Gasteiger partial charge in [0.25, 0.3) is 5.91 Å². The summed E-state index contributed by atoms with van der Waals surface area (Å²) >= 11 is 0. The van der Waals surface area contributed by atoms with Gasteiger partial charge in [-0.1, -0.05) is 12.1 Å². The molecule has 1 aromatic carbocycles. The third-order valence-electron chi connectivity index (χ3n) is 6.79. The predicted octanol–water partition coefficient (Wildman–Crippen LogP) is 2.76. The van der Waals surface area contributed by atoms with E-state index in [1.165, 1.54) is 12.8 Å². The standard InChI is InChI=1S/C27H31N5O4/c1-35-23-9-8-19(13-24(23)36-2)14-25(33)31-12-10-22-21(17-31)26(30-32(22)16-18-6-7-18)27(34)29-15-20-5-3-4-11-28-20/h3-5,8-9,11,13,18H,6-7,10,12,14-17H2,1-2H3,(H,29,34). The van der Waals surface area contributed by atoms with Crippen LogP contribution in [0.4, 0.5) is 0 Å². The third-order valence-corrected chi connectivity index (χ3v) is 6.79. The maximum Gasteiger partial charge on any atom is 0.272 e. The number of carbonyl (C=O) groups excluding carboxylic acids is 2. The minimum absolute atomic E-state index is 0.00246. The molecule has 2 aliphatic rings. The average molecular weight is 490 g/mol. The number of nitrogens with zero attached hydrogens (tertiary/aromatic N) is 4. The predicted molar refractivity (Wildman–Crippen MR) is 133 cm³/mol. The van der Waals surface area contributed by atoms with Gasteiger partial charge in [0.05, 0.1) is 32.9 Å². The van der Waals surface area contributed by atoms with Gasteiger partial charge in [0.2, 0.25) is 5.91 Å². The van der Waals surface area contributed by atoms with E-state index in [4.69, 9.17) is 14.6 Å². The summed E-state index contributed by atoms with van der Waals surface area (Å²) in [5.41, 5.74) is 3.95. The molecule has 3 aromatic rings. The Morgan fingerprint density at radius 1 is 1.11 bits per heavy atom. The van der Waals surface area contributed by atoms with Crippen molar-refractivity contribution in [3.8, 4) is 11.5 Å². The number of hydrogen-bond donors (Lipinski definition) is 1. The quantitative estimate of drug-likeness (QED) is 0.496. The number of ether oxygens (including phenoxy) is 2. The number of fused-ring (bicyclic) bond motifs is 1. The van der Waals surface area contributed by atoms with Crippen LogP contribution in [-0.2, 0) is 37.3 Å². The van der Waals surface area contributed by atoms with Gasteiger partial charge in [-0.05, 0) is 48.6 Å². The second kappa shape index (κ2) is 10.4. The number of amides is 2. The summed E-state index contributed by atoms with van der Waals surface area (Å²) in [5, 5.41) is 7.67. The average Bonchev–Trinajstić information content (AvgIpc) is 3.66. The Balaban J connectivity index is 1.33. The van der Waals surface area contributed by atoms with Crippen LogP contribution in [0.15, 0.2) is 42.6 Å². The zero-order chi connectivity index (χ0) is 25.1. The Labute approximate surface area is 210 Å². The van der Waals surface area contributed by atoms with Crippen molar-refractivity contribution in [2.24, 2.45) is 5.92 Å². The smallest absolute Gasteiger partial charge is 0.272 e. The number of rotatable bonds is 9. The molecule has 0 radical (unpaired) electrons. The minimum atomic E-state index is -0.236. The maximum absolute atomic E-state index is 13.2. The van der Waals surface area contributed by atoms with E-state index < -0.39 is 0 Å². The van der Waals surface area contributed by atoms with Crippen LogP contribution in [-0.4, -0.2) is 52.2 Å². The number of methoxy groups -OCH3 is 2. The highest BCUT2D eigenvalue weighted by Gasteiger charge is 2.32. The van der Waals surface area contributed by atoms with Crippen molar-refractivity contribution in [2.45, 2.75) is 45.3 Å². The Morgan fingerprint density at radius 3 is 2.67 bits per heavy atom. The molecule has 0 atom stereocenters. The fourth-order valence-corrected chi connectivity index (χ4v) is 4.62. The number of aromatic nitrogens is 3. The highest BCUT2D eigenvalue weighted by Crippen LogP contribution is 2.33. The van der Waals surface area contributed by atoms with Crippen LogP contribution < -0.4 is 14.8 Å². The zero-order valence-corrected chi connectivity index (χ0v) is 20.7. The van der Waals surface area contributed by atoms with Crippen molar-refractivity contribution in [1.82, 2.24) is 25.0 Å². The van der Waals surface area contributed by atoms with Gasteiger partial charge in [-0.3, -0.25) is 19.3 Å². The summed E-state index contributed by atoms with van der Waals surface area (Å²) in [6.45, 7) is 2.13. The Hall–Kier alpha value is -3.88. The molecule has 0 spiro atoms. The number of hydrogen-bond acceptors (Lipinski definition) is 6. The molecule has 1 aliphatic carbocycles. The molecule has 2 aromatic heterocycles. The highest BCUT2D eigenvalue weighted by atomic mass is 16.5. The lowest BCUT2D eigenvalue weighted by Crippen LogP contribution is -2.38. The number of pyridine rings is 1. The normalized spacial score (nSPS) is 14.8. The minimum Gasteiger partial charge on any atom is -0.493 e.